The van der Waals surface area contributed by atoms with Crippen LogP contribution in [0.1, 0.15) is 23.7 Å². The Kier molecular flexibility index (Phi) is 3.78. The first-order valence-electron chi connectivity index (χ1n) is 5.83. The predicted octanol–water partition coefficient (Wildman–Crippen LogP) is 2.94. The summed E-state index contributed by atoms with van der Waals surface area (Å²) in [6.07, 6.45) is 1.19. The molecule has 0 heterocycles. The number of hydrogen-bond donors (Lipinski definition) is 2. The fraction of sp³-hybridized carbons (Fsp3) is 0.200. The third-order valence-electron chi connectivity index (χ3n) is 2.87. The Morgan fingerprint density at radius 1 is 0.941 bits per heavy atom. The highest BCUT2D eigenvalue weighted by Crippen LogP contribution is 2.19. The fourth-order valence-electron chi connectivity index (χ4n) is 1.83. The van der Waals surface area contributed by atoms with Crippen molar-refractivity contribution in [3.8, 4) is 0 Å². The highest BCUT2D eigenvalue weighted by molar-refractivity contribution is 5.39. The van der Waals surface area contributed by atoms with Gasteiger partial charge in [-0.2, -0.15) is 0 Å². The van der Waals surface area contributed by atoms with Gasteiger partial charge in [-0.1, -0.05) is 42.5 Å². The quantitative estimate of drug-likeness (QED) is 0.789. The van der Waals surface area contributed by atoms with Crippen molar-refractivity contribution in [3.05, 3.63) is 65.7 Å². The fourth-order valence-corrected chi connectivity index (χ4v) is 1.83. The molecule has 0 aliphatic rings. The molecular formula is C15H17NO. The minimum Gasteiger partial charge on any atom is -0.399 e. The van der Waals surface area contributed by atoms with Gasteiger partial charge < -0.3 is 10.8 Å². The molecule has 2 nitrogen and oxygen atoms in total. The second kappa shape index (κ2) is 5.51. The van der Waals surface area contributed by atoms with Gasteiger partial charge in [0.05, 0.1) is 6.10 Å². The van der Waals surface area contributed by atoms with E-state index in [0.29, 0.717) is 0 Å². The number of rotatable bonds is 4. The summed E-state index contributed by atoms with van der Waals surface area (Å²) in [5.41, 5.74) is 8.58. The third kappa shape index (κ3) is 3.33. The van der Waals surface area contributed by atoms with Gasteiger partial charge in [0.2, 0.25) is 0 Å². The maximum Gasteiger partial charge on any atom is 0.0793 e. The summed E-state index contributed by atoms with van der Waals surface area (Å²) < 4.78 is 0. The molecule has 2 aromatic carbocycles. The van der Waals surface area contributed by atoms with Gasteiger partial charge in [0.15, 0.2) is 0 Å². The first-order chi connectivity index (χ1) is 8.25. The van der Waals surface area contributed by atoms with E-state index in [2.05, 4.69) is 0 Å². The molecule has 0 spiro atoms. The lowest BCUT2D eigenvalue weighted by atomic mass is 10.0. The summed E-state index contributed by atoms with van der Waals surface area (Å²) in [7, 11) is 0. The van der Waals surface area contributed by atoms with Crippen molar-refractivity contribution in [2.45, 2.75) is 18.9 Å². The Bertz CT molecular complexity index is 450. The van der Waals surface area contributed by atoms with Gasteiger partial charge in [-0.05, 0) is 36.1 Å². The Hall–Kier alpha value is -1.80. The molecule has 2 aromatic rings. The molecular weight excluding hydrogens is 210 g/mol. The van der Waals surface area contributed by atoms with E-state index in [1.165, 1.54) is 5.56 Å². The number of aliphatic hydroxyl groups is 1. The molecule has 2 rings (SSSR count). The summed E-state index contributed by atoms with van der Waals surface area (Å²) in [5, 5.41) is 10.0. The van der Waals surface area contributed by atoms with E-state index in [0.717, 1.165) is 24.1 Å². The summed E-state index contributed by atoms with van der Waals surface area (Å²) in [4.78, 5) is 0. The van der Waals surface area contributed by atoms with Crippen molar-refractivity contribution in [1.82, 2.24) is 0 Å². The van der Waals surface area contributed by atoms with Crippen molar-refractivity contribution < 1.29 is 5.11 Å². The average molecular weight is 227 g/mol. The predicted molar refractivity (Wildman–Crippen MR) is 70.6 cm³/mol. The molecule has 0 radical (unpaired) electrons. The van der Waals surface area contributed by atoms with E-state index in [4.69, 9.17) is 5.73 Å². The van der Waals surface area contributed by atoms with E-state index in [1.54, 1.807) is 0 Å². The Morgan fingerprint density at radius 2 is 1.59 bits per heavy atom. The van der Waals surface area contributed by atoms with Crippen LogP contribution >= 0.6 is 0 Å². The van der Waals surface area contributed by atoms with Crippen LogP contribution in [-0.2, 0) is 6.42 Å². The van der Waals surface area contributed by atoms with Gasteiger partial charge in [0.25, 0.3) is 0 Å². The monoisotopic (exact) mass is 227 g/mol. The number of nitrogens with two attached hydrogens (primary N) is 1. The minimum atomic E-state index is -0.395. The minimum absolute atomic E-state index is 0.395. The standard InChI is InChI=1S/C15H17NO/c16-14-9-6-12(7-10-14)8-11-15(17)13-4-2-1-3-5-13/h1-7,9-10,15,17H,8,11,16H2. The van der Waals surface area contributed by atoms with Crippen LogP contribution in [0.4, 0.5) is 5.69 Å². The van der Waals surface area contributed by atoms with Crippen molar-refractivity contribution >= 4 is 5.69 Å². The maximum atomic E-state index is 10.0. The molecule has 0 saturated carbocycles. The summed E-state index contributed by atoms with van der Waals surface area (Å²) in [6.45, 7) is 0. The molecule has 0 saturated heterocycles. The lowest BCUT2D eigenvalue weighted by Gasteiger charge is -2.10. The normalized spacial score (nSPS) is 12.3. The number of hydrogen-bond acceptors (Lipinski definition) is 2. The van der Waals surface area contributed by atoms with Gasteiger partial charge in [0, 0.05) is 5.69 Å². The molecule has 0 fully saturated rings. The van der Waals surface area contributed by atoms with Gasteiger partial charge in [-0.3, -0.25) is 0 Å². The zero-order valence-corrected chi connectivity index (χ0v) is 9.71. The van der Waals surface area contributed by atoms with Crippen molar-refractivity contribution in [3.63, 3.8) is 0 Å². The van der Waals surface area contributed by atoms with E-state index in [1.807, 2.05) is 54.6 Å². The van der Waals surface area contributed by atoms with Crippen molar-refractivity contribution in [2.75, 3.05) is 5.73 Å². The highest BCUT2D eigenvalue weighted by atomic mass is 16.3. The molecule has 1 atom stereocenters. The SMILES string of the molecule is Nc1ccc(CCC(O)c2ccccc2)cc1. The molecule has 0 aliphatic carbocycles. The Morgan fingerprint density at radius 3 is 2.24 bits per heavy atom. The summed E-state index contributed by atoms with van der Waals surface area (Å²) in [6, 6.07) is 17.6. The van der Waals surface area contributed by atoms with Crippen LogP contribution in [0.15, 0.2) is 54.6 Å². The molecule has 17 heavy (non-hydrogen) atoms. The molecule has 0 aliphatic heterocycles. The van der Waals surface area contributed by atoms with Crippen LogP contribution in [0.25, 0.3) is 0 Å². The Balaban J connectivity index is 1.92. The molecule has 2 heteroatoms. The molecule has 3 N–H and O–H groups in total. The van der Waals surface area contributed by atoms with Gasteiger partial charge >= 0.3 is 0 Å². The summed E-state index contributed by atoms with van der Waals surface area (Å²) in [5.74, 6) is 0. The van der Waals surface area contributed by atoms with Crippen molar-refractivity contribution in [1.29, 1.82) is 0 Å². The van der Waals surface area contributed by atoms with E-state index < -0.39 is 6.10 Å². The van der Waals surface area contributed by atoms with Crippen LogP contribution in [0.3, 0.4) is 0 Å². The highest BCUT2D eigenvalue weighted by Gasteiger charge is 2.06. The third-order valence-corrected chi connectivity index (χ3v) is 2.87. The molecule has 88 valence electrons. The first kappa shape index (κ1) is 11.7. The molecule has 0 aromatic heterocycles. The Labute approximate surface area is 102 Å². The zero-order chi connectivity index (χ0) is 12.1. The summed E-state index contributed by atoms with van der Waals surface area (Å²) >= 11 is 0. The second-order valence-electron chi connectivity index (χ2n) is 4.21. The topological polar surface area (TPSA) is 46.2 Å². The smallest absolute Gasteiger partial charge is 0.0793 e. The molecule has 1 unspecified atom stereocenters. The number of aliphatic hydroxyl groups excluding tert-OH is 1. The lowest BCUT2D eigenvalue weighted by Crippen LogP contribution is -1.99. The molecule has 0 bridgehead atoms. The van der Waals surface area contributed by atoms with Gasteiger partial charge in [0.1, 0.15) is 0 Å². The van der Waals surface area contributed by atoms with E-state index in [9.17, 15) is 5.11 Å². The number of benzene rings is 2. The first-order valence-corrected chi connectivity index (χ1v) is 5.83. The number of anilines is 1. The van der Waals surface area contributed by atoms with Crippen LogP contribution in [0.5, 0.6) is 0 Å². The maximum absolute atomic E-state index is 10.0. The number of nitrogen functional groups attached to an aromatic ring is 1. The molecule has 0 amide bonds. The lowest BCUT2D eigenvalue weighted by molar-refractivity contribution is 0.168. The van der Waals surface area contributed by atoms with Crippen LogP contribution in [-0.4, -0.2) is 5.11 Å². The van der Waals surface area contributed by atoms with Crippen LogP contribution < -0.4 is 5.73 Å². The van der Waals surface area contributed by atoms with Crippen molar-refractivity contribution in [2.24, 2.45) is 0 Å². The second-order valence-corrected chi connectivity index (χ2v) is 4.21. The van der Waals surface area contributed by atoms with Gasteiger partial charge in [-0.25, -0.2) is 0 Å². The van der Waals surface area contributed by atoms with Gasteiger partial charge in [-0.15, -0.1) is 0 Å². The largest absolute Gasteiger partial charge is 0.399 e. The van der Waals surface area contributed by atoms with Crippen LogP contribution in [0, 0.1) is 0 Å². The van der Waals surface area contributed by atoms with Crippen LogP contribution in [0.2, 0.25) is 0 Å². The van der Waals surface area contributed by atoms with E-state index >= 15 is 0 Å². The zero-order valence-electron chi connectivity index (χ0n) is 9.71. The van der Waals surface area contributed by atoms with E-state index in [-0.39, 0.29) is 0 Å². The average Bonchev–Trinajstić information content (AvgIpc) is 2.39. The number of aryl methyl sites for hydroxylation is 1.